The third kappa shape index (κ3) is 5.76. The van der Waals surface area contributed by atoms with Crippen LogP contribution >= 0.6 is 0 Å². The van der Waals surface area contributed by atoms with Crippen molar-refractivity contribution in [3.8, 4) is 5.75 Å². The summed E-state index contributed by atoms with van der Waals surface area (Å²) in [4.78, 5) is 29.0. The molecular weight excluding hydrogens is 516 g/mol. The van der Waals surface area contributed by atoms with Gasteiger partial charge >= 0.3 is 12.1 Å². The smallest absolute Gasteiger partial charge is 0.416 e. The third-order valence-electron chi connectivity index (χ3n) is 8.03. The Kier molecular flexibility index (Phi) is 7.73. The van der Waals surface area contributed by atoms with Crippen molar-refractivity contribution in [1.29, 1.82) is 0 Å². The summed E-state index contributed by atoms with van der Waals surface area (Å²) in [6.07, 6.45) is -4.01. The van der Waals surface area contributed by atoms with Crippen molar-refractivity contribution in [3.63, 3.8) is 0 Å². The predicted octanol–water partition coefficient (Wildman–Crippen LogP) is 5.72. The molecule has 1 N–H and O–H groups in total. The summed E-state index contributed by atoms with van der Waals surface area (Å²) in [6, 6.07) is 9.80. The fourth-order valence-corrected chi connectivity index (χ4v) is 5.68. The molecule has 2 fully saturated rings. The van der Waals surface area contributed by atoms with Crippen LogP contribution in [0, 0.1) is 0 Å². The molecule has 39 heavy (non-hydrogen) atoms. The minimum absolute atomic E-state index is 0.0615. The quantitative estimate of drug-likeness (QED) is 0.482. The van der Waals surface area contributed by atoms with E-state index in [1.165, 1.54) is 11.0 Å². The van der Waals surface area contributed by atoms with Gasteiger partial charge in [0.25, 0.3) is 5.91 Å². The highest BCUT2D eigenvalue weighted by atomic mass is 19.4. The molecule has 2 aliphatic rings. The summed E-state index contributed by atoms with van der Waals surface area (Å²) >= 11 is 0. The lowest BCUT2D eigenvalue weighted by molar-refractivity contribution is -0.145. The molecule has 2 aliphatic heterocycles. The lowest BCUT2D eigenvalue weighted by Crippen LogP contribution is -2.53. The minimum atomic E-state index is -4.66. The molecule has 2 heterocycles. The standard InChI is InChI=1S/C29H34F4N2O4/c1-27(2,3)35-16-24(19-5-8-21(39-4)9-6-19)28(30,17-35)26(38)34-13-11-18(12-14-34)22-10-7-20(29(31,32)33)15-23(22)25(36)37/h5-10,15,18,24H,11-14,16-17H2,1-4H3,(H,36,37)/t24-,28-/m0/s1. The summed E-state index contributed by atoms with van der Waals surface area (Å²) in [5.41, 5.74) is -2.95. The number of hydrogen-bond acceptors (Lipinski definition) is 4. The summed E-state index contributed by atoms with van der Waals surface area (Å²) in [5, 5.41) is 9.57. The summed E-state index contributed by atoms with van der Waals surface area (Å²) in [5.74, 6) is -2.47. The molecule has 0 aliphatic carbocycles. The molecule has 0 bridgehead atoms. The number of halogens is 4. The number of rotatable bonds is 5. The molecule has 0 radical (unpaired) electrons. The first-order valence-electron chi connectivity index (χ1n) is 13.0. The van der Waals surface area contributed by atoms with Crippen molar-refractivity contribution >= 4 is 11.9 Å². The van der Waals surface area contributed by atoms with Gasteiger partial charge in [-0.3, -0.25) is 9.69 Å². The van der Waals surface area contributed by atoms with E-state index >= 15 is 4.39 Å². The number of hydrogen-bond donors (Lipinski definition) is 1. The normalized spacial score (nSPS) is 23.2. The molecule has 2 atom stereocenters. The van der Waals surface area contributed by atoms with Gasteiger partial charge in [-0.1, -0.05) is 18.2 Å². The molecule has 212 valence electrons. The van der Waals surface area contributed by atoms with Crippen molar-refractivity contribution in [2.75, 3.05) is 33.3 Å². The van der Waals surface area contributed by atoms with Crippen molar-refractivity contribution in [2.45, 2.75) is 62.8 Å². The van der Waals surface area contributed by atoms with Crippen molar-refractivity contribution in [2.24, 2.45) is 0 Å². The van der Waals surface area contributed by atoms with Gasteiger partial charge in [0.15, 0.2) is 0 Å². The second-order valence-corrected chi connectivity index (χ2v) is 11.4. The van der Waals surface area contributed by atoms with Gasteiger partial charge in [0.1, 0.15) is 5.75 Å². The van der Waals surface area contributed by atoms with Gasteiger partial charge in [0.2, 0.25) is 5.67 Å². The van der Waals surface area contributed by atoms with Crippen LogP contribution in [0.4, 0.5) is 17.6 Å². The average Bonchev–Trinajstić information content (AvgIpc) is 3.26. The maximum absolute atomic E-state index is 16.9. The van der Waals surface area contributed by atoms with Crippen LogP contribution in [0.5, 0.6) is 5.75 Å². The topological polar surface area (TPSA) is 70.1 Å². The lowest BCUT2D eigenvalue weighted by Gasteiger charge is -2.38. The number of ether oxygens (including phenoxy) is 1. The van der Waals surface area contributed by atoms with Crippen LogP contribution in [0.3, 0.4) is 0 Å². The summed E-state index contributed by atoms with van der Waals surface area (Å²) in [7, 11) is 1.54. The number of carbonyl (C=O) groups is 2. The fourth-order valence-electron chi connectivity index (χ4n) is 5.68. The predicted molar refractivity (Wildman–Crippen MR) is 138 cm³/mol. The third-order valence-corrected chi connectivity index (χ3v) is 8.03. The zero-order valence-electron chi connectivity index (χ0n) is 22.5. The zero-order valence-corrected chi connectivity index (χ0v) is 22.5. The van der Waals surface area contributed by atoms with E-state index < -0.39 is 40.8 Å². The zero-order chi connectivity index (χ0) is 28.8. The Labute approximate surface area is 225 Å². The molecule has 6 nitrogen and oxygen atoms in total. The van der Waals surface area contributed by atoms with Crippen LogP contribution in [-0.4, -0.2) is 71.3 Å². The van der Waals surface area contributed by atoms with Crippen LogP contribution in [0.2, 0.25) is 0 Å². The van der Waals surface area contributed by atoms with Crippen LogP contribution in [-0.2, 0) is 11.0 Å². The number of likely N-dealkylation sites (tertiary alicyclic amines) is 2. The largest absolute Gasteiger partial charge is 0.497 e. The lowest BCUT2D eigenvalue weighted by atomic mass is 9.83. The summed E-state index contributed by atoms with van der Waals surface area (Å²) in [6.45, 7) is 6.59. The Balaban J connectivity index is 1.55. The number of alkyl halides is 4. The number of nitrogens with zero attached hydrogens (tertiary/aromatic N) is 2. The molecule has 2 saturated heterocycles. The molecule has 0 saturated carbocycles. The van der Waals surface area contributed by atoms with Gasteiger partial charge in [-0.25, -0.2) is 9.18 Å². The van der Waals surface area contributed by atoms with Crippen LogP contribution in [0.15, 0.2) is 42.5 Å². The van der Waals surface area contributed by atoms with Crippen molar-refractivity contribution in [3.05, 3.63) is 64.7 Å². The SMILES string of the molecule is COc1ccc([C@@H]2CN(C(C)(C)C)C[C@@]2(F)C(=O)N2CCC(c3ccc(C(F)(F)F)cc3C(=O)O)CC2)cc1. The average molecular weight is 551 g/mol. The van der Waals surface area contributed by atoms with Crippen molar-refractivity contribution < 1.29 is 37.0 Å². The van der Waals surface area contributed by atoms with E-state index in [4.69, 9.17) is 4.74 Å². The number of benzene rings is 2. The molecular formula is C29H34F4N2O4. The fraction of sp³-hybridized carbons (Fsp3) is 0.517. The van der Waals surface area contributed by atoms with Gasteiger partial charge in [0.05, 0.1) is 18.2 Å². The number of carboxylic acids is 1. The van der Waals surface area contributed by atoms with E-state index in [9.17, 15) is 27.9 Å². The van der Waals surface area contributed by atoms with Crippen LogP contribution in [0.25, 0.3) is 0 Å². The molecule has 10 heteroatoms. The first kappa shape index (κ1) is 28.9. The Bertz CT molecular complexity index is 1220. The van der Waals surface area contributed by atoms with E-state index in [1.807, 2.05) is 25.7 Å². The van der Waals surface area contributed by atoms with Gasteiger partial charge in [-0.15, -0.1) is 0 Å². The highest BCUT2D eigenvalue weighted by Gasteiger charge is 2.57. The Hall–Kier alpha value is -3.14. The highest BCUT2D eigenvalue weighted by Crippen LogP contribution is 2.44. The second kappa shape index (κ2) is 10.4. The Morgan fingerprint density at radius 2 is 1.64 bits per heavy atom. The summed E-state index contributed by atoms with van der Waals surface area (Å²) < 4.78 is 61.5. The first-order valence-corrected chi connectivity index (χ1v) is 13.0. The van der Waals surface area contributed by atoms with E-state index in [0.29, 0.717) is 42.3 Å². The number of carbonyl (C=O) groups excluding carboxylic acids is 1. The number of amides is 1. The second-order valence-electron chi connectivity index (χ2n) is 11.4. The Morgan fingerprint density at radius 1 is 1.03 bits per heavy atom. The van der Waals surface area contributed by atoms with E-state index in [1.54, 1.807) is 31.4 Å². The van der Waals surface area contributed by atoms with Crippen LogP contribution < -0.4 is 4.74 Å². The first-order chi connectivity index (χ1) is 18.1. The highest BCUT2D eigenvalue weighted by molar-refractivity contribution is 5.90. The molecule has 0 aromatic heterocycles. The van der Waals surface area contributed by atoms with Gasteiger partial charge in [-0.05, 0) is 74.9 Å². The molecule has 2 aromatic carbocycles. The molecule has 1 amide bonds. The van der Waals surface area contributed by atoms with E-state index in [0.717, 1.165) is 6.07 Å². The van der Waals surface area contributed by atoms with E-state index in [2.05, 4.69) is 0 Å². The van der Waals surface area contributed by atoms with Gasteiger partial charge in [0, 0.05) is 37.6 Å². The number of aromatic carboxylic acids is 1. The number of methoxy groups -OCH3 is 1. The van der Waals surface area contributed by atoms with Crippen LogP contribution in [0.1, 0.15) is 72.5 Å². The minimum Gasteiger partial charge on any atom is -0.497 e. The maximum Gasteiger partial charge on any atom is 0.416 e. The van der Waals surface area contributed by atoms with Gasteiger partial charge in [-0.2, -0.15) is 13.2 Å². The number of carboxylic acid groups (broad SMARTS) is 1. The molecule has 4 rings (SSSR count). The van der Waals surface area contributed by atoms with Gasteiger partial charge < -0.3 is 14.7 Å². The Morgan fingerprint density at radius 3 is 2.15 bits per heavy atom. The number of piperidine rings is 1. The molecule has 0 unspecified atom stereocenters. The maximum atomic E-state index is 16.9. The van der Waals surface area contributed by atoms with E-state index in [-0.39, 0.29) is 31.1 Å². The monoisotopic (exact) mass is 550 g/mol. The molecule has 2 aromatic rings. The molecule has 0 spiro atoms. The van der Waals surface area contributed by atoms with Crippen molar-refractivity contribution in [1.82, 2.24) is 9.80 Å².